The standard InChI is InChI=1S/C15H18BrNO/c1-10(15-4-2-3-7-18-15)14-9-11-8-12(16)5-6-13(11)17-14/h5-6,8-10,14-15H,2-4,7H2,1H3. The maximum atomic E-state index is 5.89. The van der Waals surface area contributed by atoms with Gasteiger partial charge >= 0.3 is 0 Å². The molecule has 2 aliphatic heterocycles. The Bertz CT molecular complexity index is 548. The van der Waals surface area contributed by atoms with E-state index >= 15 is 0 Å². The number of fused-ring (bicyclic) bond motifs is 1. The Morgan fingerprint density at radius 3 is 3.06 bits per heavy atom. The minimum absolute atomic E-state index is 0.275. The van der Waals surface area contributed by atoms with E-state index in [0.717, 1.165) is 16.4 Å². The highest BCUT2D eigenvalue weighted by atomic mass is 79.9. The van der Waals surface area contributed by atoms with Gasteiger partial charge in [0.05, 0.1) is 17.5 Å². The average Bonchev–Trinajstić information content (AvgIpc) is 2.81. The van der Waals surface area contributed by atoms with Crippen LogP contribution >= 0.6 is 15.9 Å². The zero-order valence-electron chi connectivity index (χ0n) is 10.6. The Kier molecular flexibility index (Phi) is 3.53. The molecule has 1 saturated heterocycles. The van der Waals surface area contributed by atoms with Gasteiger partial charge in [-0.15, -0.1) is 0 Å². The Morgan fingerprint density at radius 2 is 2.28 bits per heavy atom. The smallest absolute Gasteiger partial charge is 0.0747 e. The van der Waals surface area contributed by atoms with Gasteiger partial charge in [-0.25, -0.2) is 0 Å². The molecule has 3 unspecified atom stereocenters. The maximum absolute atomic E-state index is 5.89. The summed E-state index contributed by atoms with van der Waals surface area (Å²) in [6.07, 6.45) is 6.34. The van der Waals surface area contributed by atoms with Crippen molar-refractivity contribution in [1.82, 2.24) is 0 Å². The van der Waals surface area contributed by atoms with Gasteiger partial charge in [0.2, 0.25) is 0 Å². The molecule has 1 fully saturated rings. The fourth-order valence-electron chi connectivity index (χ4n) is 2.83. The van der Waals surface area contributed by atoms with E-state index in [0.29, 0.717) is 12.0 Å². The molecule has 3 rings (SSSR count). The van der Waals surface area contributed by atoms with E-state index in [9.17, 15) is 0 Å². The molecule has 0 aliphatic carbocycles. The van der Waals surface area contributed by atoms with E-state index < -0.39 is 0 Å². The lowest BCUT2D eigenvalue weighted by atomic mass is 9.91. The summed E-state index contributed by atoms with van der Waals surface area (Å²) < 4.78 is 7.01. The molecule has 0 amide bonds. The molecule has 3 atom stereocenters. The number of halogens is 1. The fraction of sp³-hybridized carbons (Fsp3) is 0.533. The van der Waals surface area contributed by atoms with Gasteiger partial charge in [0.25, 0.3) is 0 Å². The van der Waals surface area contributed by atoms with Crippen LogP contribution in [0.25, 0.3) is 6.08 Å². The summed E-state index contributed by atoms with van der Waals surface area (Å²) in [5.41, 5.74) is 0. The lowest BCUT2D eigenvalue weighted by molar-refractivity contribution is -0.0178. The summed E-state index contributed by atoms with van der Waals surface area (Å²) in [6, 6.07) is 6.57. The Hall–Kier alpha value is -0.670. The SMILES string of the molecule is CC(C1C=c2cc(Br)ccc2=N1)C1CCCCO1. The number of rotatable bonds is 2. The van der Waals surface area contributed by atoms with Crippen molar-refractivity contribution < 1.29 is 4.74 Å². The molecule has 2 heterocycles. The summed E-state index contributed by atoms with van der Waals surface area (Å²) in [5, 5.41) is 2.36. The molecule has 1 aromatic rings. The van der Waals surface area contributed by atoms with Crippen molar-refractivity contribution in [3.8, 4) is 0 Å². The van der Waals surface area contributed by atoms with Crippen molar-refractivity contribution in [2.24, 2.45) is 10.9 Å². The zero-order valence-corrected chi connectivity index (χ0v) is 12.2. The van der Waals surface area contributed by atoms with Crippen LogP contribution in [0.4, 0.5) is 0 Å². The van der Waals surface area contributed by atoms with Gasteiger partial charge in [-0.2, -0.15) is 0 Å². The minimum Gasteiger partial charge on any atom is -0.378 e. The molecule has 0 saturated carbocycles. The van der Waals surface area contributed by atoms with Gasteiger partial charge in [0.1, 0.15) is 0 Å². The van der Waals surface area contributed by atoms with Gasteiger partial charge < -0.3 is 4.74 Å². The third-order valence-corrected chi connectivity index (χ3v) is 4.46. The van der Waals surface area contributed by atoms with Crippen molar-refractivity contribution >= 4 is 22.0 Å². The first-order chi connectivity index (χ1) is 8.74. The molecule has 0 bridgehead atoms. The second kappa shape index (κ2) is 5.14. The van der Waals surface area contributed by atoms with Crippen LogP contribution in [0.2, 0.25) is 0 Å². The average molecular weight is 308 g/mol. The van der Waals surface area contributed by atoms with Gasteiger partial charge in [0, 0.05) is 17.0 Å². The number of benzene rings is 1. The van der Waals surface area contributed by atoms with Crippen molar-refractivity contribution in [3.05, 3.63) is 33.2 Å². The Balaban J connectivity index is 1.82. The van der Waals surface area contributed by atoms with Crippen molar-refractivity contribution in [1.29, 1.82) is 0 Å². The lowest BCUT2D eigenvalue weighted by Crippen LogP contribution is -2.32. The number of hydrogen-bond acceptors (Lipinski definition) is 2. The van der Waals surface area contributed by atoms with Crippen molar-refractivity contribution in [2.45, 2.75) is 38.3 Å². The molecular weight excluding hydrogens is 290 g/mol. The second-order valence-electron chi connectivity index (χ2n) is 5.25. The predicted octanol–water partition coefficient (Wildman–Crippen LogP) is 2.44. The van der Waals surface area contributed by atoms with Gasteiger partial charge in [0.15, 0.2) is 0 Å². The predicted molar refractivity (Wildman–Crippen MR) is 75.9 cm³/mol. The van der Waals surface area contributed by atoms with E-state index in [-0.39, 0.29) is 6.04 Å². The highest BCUT2D eigenvalue weighted by molar-refractivity contribution is 9.10. The highest BCUT2D eigenvalue weighted by Crippen LogP contribution is 2.25. The summed E-state index contributed by atoms with van der Waals surface area (Å²) in [6.45, 7) is 3.18. The molecule has 18 heavy (non-hydrogen) atoms. The van der Waals surface area contributed by atoms with E-state index in [4.69, 9.17) is 9.73 Å². The third kappa shape index (κ3) is 2.39. The molecular formula is C15H18BrNO. The molecule has 0 radical (unpaired) electrons. The maximum Gasteiger partial charge on any atom is 0.0747 e. The van der Waals surface area contributed by atoms with Crippen LogP contribution in [0.15, 0.2) is 27.7 Å². The van der Waals surface area contributed by atoms with Gasteiger partial charge in [-0.05, 0) is 42.7 Å². The first-order valence-corrected chi connectivity index (χ1v) is 7.50. The summed E-state index contributed by atoms with van der Waals surface area (Å²) in [5.74, 6) is 0.469. The molecule has 0 aromatic heterocycles. The second-order valence-corrected chi connectivity index (χ2v) is 6.17. The van der Waals surface area contributed by atoms with Crippen LogP contribution in [0, 0.1) is 5.92 Å². The molecule has 0 N–H and O–H groups in total. The van der Waals surface area contributed by atoms with Crippen LogP contribution in [-0.4, -0.2) is 18.8 Å². The summed E-state index contributed by atoms with van der Waals surface area (Å²) >= 11 is 3.51. The fourth-order valence-corrected chi connectivity index (χ4v) is 3.21. The monoisotopic (exact) mass is 307 g/mol. The number of hydrogen-bond donors (Lipinski definition) is 0. The molecule has 1 aromatic carbocycles. The topological polar surface area (TPSA) is 21.6 Å². The largest absolute Gasteiger partial charge is 0.378 e. The van der Waals surface area contributed by atoms with E-state index in [1.807, 2.05) is 0 Å². The van der Waals surface area contributed by atoms with Crippen molar-refractivity contribution in [2.75, 3.05) is 6.61 Å². The van der Waals surface area contributed by atoms with Crippen LogP contribution in [0.3, 0.4) is 0 Å². The normalized spacial score (nSPS) is 28.1. The molecule has 2 nitrogen and oxygen atoms in total. The molecule has 2 aliphatic rings. The van der Waals surface area contributed by atoms with Crippen LogP contribution in [-0.2, 0) is 4.74 Å². The van der Waals surface area contributed by atoms with Crippen molar-refractivity contribution in [3.63, 3.8) is 0 Å². The van der Waals surface area contributed by atoms with Crippen LogP contribution in [0.1, 0.15) is 26.2 Å². The lowest BCUT2D eigenvalue weighted by Gasteiger charge is -2.29. The number of nitrogens with zero attached hydrogens (tertiary/aromatic N) is 1. The van der Waals surface area contributed by atoms with E-state index in [1.54, 1.807) is 0 Å². The van der Waals surface area contributed by atoms with Crippen LogP contribution < -0.4 is 10.6 Å². The molecule has 96 valence electrons. The molecule has 0 spiro atoms. The quantitative estimate of drug-likeness (QED) is 0.822. The van der Waals surface area contributed by atoms with Crippen LogP contribution in [0.5, 0.6) is 0 Å². The summed E-state index contributed by atoms with van der Waals surface area (Å²) in [4.78, 5) is 4.81. The first kappa shape index (κ1) is 12.4. The minimum atomic E-state index is 0.275. The number of ether oxygens (including phenoxy) is 1. The van der Waals surface area contributed by atoms with Gasteiger partial charge in [-0.3, -0.25) is 4.99 Å². The van der Waals surface area contributed by atoms with E-state index in [2.05, 4.69) is 47.1 Å². The van der Waals surface area contributed by atoms with E-state index in [1.165, 1.54) is 24.5 Å². The highest BCUT2D eigenvalue weighted by Gasteiger charge is 2.27. The third-order valence-electron chi connectivity index (χ3n) is 3.97. The Morgan fingerprint density at radius 1 is 1.39 bits per heavy atom. The molecule has 3 heteroatoms. The zero-order chi connectivity index (χ0) is 12.5. The Labute approximate surface area is 116 Å². The van der Waals surface area contributed by atoms with Gasteiger partial charge in [-0.1, -0.05) is 28.9 Å². The summed E-state index contributed by atoms with van der Waals surface area (Å²) in [7, 11) is 0. The first-order valence-electron chi connectivity index (χ1n) is 6.71.